The molecule has 0 spiro atoms. The van der Waals surface area contributed by atoms with Crippen LogP contribution in [-0.2, 0) is 11.2 Å². The first kappa shape index (κ1) is 17.3. The molecule has 1 fully saturated rings. The summed E-state index contributed by atoms with van der Waals surface area (Å²) in [6.07, 6.45) is 2.17. The molecule has 2 aromatic heterocycles. The van der Waals surface area contributed by atoms with Gasteiger partial charge in [-0.2, -0.15) is 0 Å². The molecule has 0 aliphatic carbocycles. The quantitative estimate of drug-likeness (QED) is 0.775. The van der Waals surface area contributed by atoms with Gasteiger partial charge in [0.25, 0.3) is 5.56 Å². The predicted octanol–water partition coefficient (Wildman–Crippen LogP) is 2.12. The van der Waals surface area contributed by atoms with E-state index in [9.17, 15) is 9.59 Å². The molecule has 1 amide bonds. The summed E-state index contributed by atoms with van der Waals surface area (Å²) < 4.78 is 0. The summed E-state index contributed by atoms with van der Waals surface area (Å²) in [5.74, 6) is 1.10. The van der Waals surface area contributed by atoms with E-state index < -0.39 is 0 Å². The number of piperazine rings is 1. The van der Waals surface area contributed by atoms with Gasteiger partial charge in [-0.1, -0.05) is 12.1 Å². The summed E-state index contributed by atoms with van der Waals surface area (Å²) in [5, 5.41) is 0.956. The molecule has 1 saturated heterocycles. The highest BCUT2D eigenvalue weighted by Gasteiger charge is 2.21. The van der Waals surface area contributed by atoms with E-state index in [4.69, 9.17) is 0 Å². The molecule has 138 valence electrons. The van der Waals surface area contributed by atoms with E-state index in [2.05, 4.69) is 14.9 Å². The number of pyridine rings is 2. The molecule has 0 saturated carbocycles. The number of H-pyrrole nitrogens is 1. The Balaban J connectivity index is 1.42. The van der Waals surface area contributed by atoms with Crippen LogP contribution in [0.5, 0.6) is 0 Å². The van der Waals surface area contributed by atoms with E-state index in [-0.39, 0.29) is 11.5 Å². The standard InChI is InChI=1S/C21H22N4O2/c1-15-12-17-13-16(5-6-18(17)23-21(15)27)14-20(26)25-10-8-24(9-11-25)19-4-2-3-7-22-19/h2-7,12-13H,8-11,14H2,1H3,(H,23,27). The summed E-state index contributed by atoms with van der Waals surface area (Å²) in [4.78, 5) is 35.8. The number of hydrogen-bond acceptors (Lipinski definition) is 4. The van der Waals surface area contributed by atoms with Gasteiger partial charge in [-0.25, -0.2) is 4.98 Å². The molecular formula is C21H22N4O2. The van der Waals surface area contributed by atoms with Gasteiger partial charge in [0, 0.05) is 43.5 Å². The summed E-state index contributed by atoms with van der Waals surface area (Å²) in [6.45, 7) is 4.78. The largest absolute Gasteiger partial charge is 0.353 e. The van der Waals surface area contributed by atoms with Gasteiger partial charge in [-0.15, -0.1) is 0 Å². The van der Waals surface area contributed by atoms with Crippen molar-refractivity contribution in [3.8, 4) is 0 Å². The zero-order valence-electron chi connectivity index (χ0n) is 15.3. The lowest BCUT2D eigenvalue weighted by Crippen LogP contribution is -2.49. The van der Waals surface area contributed by atoms with Gasteiger partial charge in [0.15, 0.2) is 0 Å². The lowest BCUT2D eigenvalue weighted by Gasteiger charge is -2.35. The minimum Gasteiger partial charge on any atom is -0.353 e. The second-order valence-electron chi connectivity index (χ2n) is 6.94. The van der Waals surface area contributed by atoms with Crippen LogP contribution < -0.4 is 10.5 Å². The Morgan fingerprint density at radius 2 is 1.93 bits per heavy atom. The maximum atomic E-state index is 12.7. The summed E-state index contributed by atoms with van der Waals surface area (Å²) in [5.41, 5.74) is 2.37. The molecule has 3 heterocycles. The van der Waals surface area contributed by atoms with Crippen LogP contribution in [0.2, 0.25) is 0 Å². The number of carbonyl (C=O) groups excluding carboxylic acids is 1. The third-order valence-electron chi connectivity index (χ3n) is 5.06. The Morgan fingerprint density at radius 3 is 2.67 bits per heavy atom. The van der Waals surface area contributed by atoms with Crippen molar-refractivity contribution in [2.24, 2.45) is 0 Å². The number of carbonyl (C=O) groups is 1. The van der Waals surface area contributed by atoms with Crippen LogP contribution in [0.15, 0.2) is 53.5 Å². The van der Waals surface area contributed by atoms with Gasteiger partial charge in [0.2, 0.25) is 5.91 Å². The Morgan fingerprint density at radius 1 is 1.11 bits per heavy atom. The van der Waals surface area contributed by atoms with E-state index in [0.717, 1.165) is 35.4 Å². The molecule has 0 radical (unpaired) electrons. The van der Waals surface area contributed by atoms with E-state index in [1.54, 1.807) is 13.1 Å². The second-order valence-corrected chi connectivity index (χ2v) is 6.94. The van der Waals surface area contributed by atoms with Crippen LogP contribution in [-0.4, -0.2) is 47.0 Å². The van der Waals surface area contributed by atoms with Gasteiger partial charge in [-0.05, 0) is 48.2 Å². The van der Waals surface area contributed by atoms with Gasteiger partial charge >= 0.3 is 0 Å². The fourth-order valence-electron chi connectivity index (χ4n) is 3.49. The van der Waals surface area contributed by atoms with Crippen molar-refractivity contribution < 1.29 is 4.79 Å². The van der Waals surface area contributed by atoms with Crippen molar-refractivity contribution in [3.63, 3.8) is 0 Å². The SMILES string of the molecule is Cc1cc2cc(CC(=O)N3CCN(c4ccccn4)CC3)ccc2[nH]c1=O. The number of fused-ring (bicyclic) bond motifs is 1. The molecular weight excluding hydrogens is 340 g/mol. The Labute approximate surface area is 157 Å². The van der Waals surface area contributed by atoms with Gasteiger partial charge in [0.1, 0.15) is 5.82 Å². The molecule has 4 rings (SSSR count). The highest BCUT2D eigenvalue weighted by atomic mass is 16.2. The first-order valence-corrected chi connectivity index (χ1v) is 9.16. The minimum absolute atomic E-state index is 0.0721. The molecule has 0 bridgehead atoms. The molecule has 0 unspecified atom stereocenters. The highest BCUT2D eigenvalue weighted by molar-refractivity contribution is 5.83. The monoisotopic (exact) mass is 362 g/mol. The molecule has 27 heavy (non-hydrogen) atoms. The van der Waals surface area contributed by atoms with Crippen molar-refractivity contribution in [1.29, 1.82) is 0 Å². The fourth-order valence-corrected chi connectivity index (χ4v) is 3.49. The first-order chi connectivity index (χ1) is 13.1. The number of hydrogen-bond donors (Lipinski definition) is 1. The number of nitrogens with one attached hydrogen (secondary N) is 1. The topological polar surface area (TPSA) is 69.3 Å². The summed E-state index contributed by atoms with van der Waals surface area (Å²) >= 11 is 0. The second kappa shape index (κ2) is 7.23. The average Bonchev–Trinajstić information content (AvgIpc) is 2.70. The van der Waals surface area contributed by atoms with E-state index >= 15 is 0 Å². The predicted molar refractivity (Wildman–Crippen MR) is 106 cm³/mol. The zero-order chi connectivity index (χ0) is 18.8. The third-order valence-corrected chi connectivity index (χ3v) is 5.06. The number of aromatic nitrogens is 2. The average molecular weight is 362 g/mol. The molecule has 6 heteroatoms. The van der Waals surface area contributed by atoms with Crippen molar-refractivity contribution in [2.75, 3.05) is 31.1 Å². The number of aryl methyl sites for hydroxylation is 1. The van der Waals surface area contributed by atoms with Gasteiger partial charge in [-0.3, -0.25) is 9.59 Å². The van der Waals surface area contributed by atoms with Crippen molar-refractivity contribution in [2.45, 2.75) is 13.3 Å². The molecule has 1 aromatic carbocycles. The maximum absolute atomic E-state index is 12.7. The number of rotatable bonds is 3. The fraction of sp³-hybridized carbons (Fsp3) is 0.286. The van der Waals surface area contributed by atoms with Crippen LogP contribution in [0.3, 0.4) is 0 Å². The van der Waals surface area contributed by atoms with Crippen LogP contribution in [0.4, 0.5) is 5.82 Å². The maximum Gasteiger partial charge on any atom is 0.251 e. The minimum atomic E-state index is -0.0721. The van der Waals surface area contributed by atoms with Crippen LogP contribution >= 0.6 is 0 Å². The molecule has 3 aromatic rings. The van der Waals surface area contributed by atoms with Gasteiger partial charge < -0.3 is 14.8 Å². The number of nitrogens with zero attached hydrogens (tertiary/aromatic N) is 3. The normalized spacial score (nSPS) is 14.6. The number of anilines is 1. The third kappa shape index (κ3) is 3.69. The Kier molecular flexibility index (Phi) is 4.62. The molecule has 1 aliphatic heterocycles. The first-order valence-electron chi connectivity index (χ1n) is 9.16. The highest BCUT2D eigenvalue weighted by Crippen LogP contribution is 2.16. The summed E-state index contributed by atoms with van der Waals surface area (Å²) in [6, 6.07) is 13.5. The van der Waals surface area contributed by atoms with Crippen LogP contribution in [0.25, 0.3) is 10.9 Å². The lowest BCUT2D eigenvalue weighted by atomic mass is 10.1. The van der Waals surface area contributed by atoms with Crippen LogP contribution in [0.1, 0.15) is 11.1 Å². The number of amides is 1. The number of aromatic amines is 1. The van der Waals surface area contributed by atoms with Gasteiger partial charge in [0.05, 0.1) is 6.42 Å². The van der Waals surface area contributed by atoms with E-state index in [1.165, 1.54) is 0 Å². The molecule has 0 atom stereocenters. The molecule has 1 aliphatic rings. The van der Waals surface area contributed by atoms with E-state index in [1.807, 2.05) is 47.4 Å². The molecule has 6 nitrogen and oxygen atoms in total. The van der Waals surface area contributed by atoms with Crippen molar-refractivity contribution >= 4 is 22.6 Å². The summed E-state index contributed by atoms with van der Waals surface area (Å²) in [7, 11) is 0. The van der Waals surface area contributed by atoms with Crippen molar-refractivity contribution in [3.05, 3.63) is 70.1 Å². The Bertz CT molecular complexity index is 1020. The smallest absolute Gasteiger partial charge is 0.251 e. The lowest BCUT2D eigenvalue weighted by molar-refractivity contribution is -0.130. The zero-order valence-corrected chi connectivity index (χ0v) is 15.3. The molecule has 1 N–H and O–H groups in total. The van der Waals surface area contributed by atoms with Crippen molar-refractivity contribution in [1.82, 2.24) is 14.9 Å². The Hall–Kier alpha value is -3.15. The number of benzene rings is 1. The van der Waals surface area contributed by atoms with E-state index in [0.29, 0.717) is 25.1 Å². The van der Waals surface area contributed by atoms with Crippen LogP contribution in [0, 0.1) is 6.92 Å².